The van der Waals surface area contributed by atoms with Crippen molar-refractivity contribution in [2.75, 3.05) is 9.80 Å². The lowest BCUT2D eigenvalue weighted by molar-refractivity contribution is -0.0499. The van der Waals surface area contributed by atoms with Gasteiger partial charge in [0, 0.05) is 33.5 Å². The van der Waals surface area contributed by atoms with E-state index < -0.39 is 21.4 Å². The summed E-state index contributed by atoms with van der Waals surface area (Å²) in [7, 11) is -6.08. The first-order valence-corrected chi connectivity index (χ1v) is 17.3. The van der Waals surface area contributed by atoms with E-state index in [1.165, 1.54) is 12.1 Å². The summed E-state index contributed by atoms with van der Waals surface area (Å²) >= 11 is 0. The number of furan rings is 1. The normalized spacial score (nSPS) is 12.0. The predicted octanol–water partition coefficient (Wildman–Crippen LogP) is 11.9. The highest BCUT2D eigenvalue weighted by atomic mass is 32.2. The lowest BCUT2D eigenvalue weighted by Crippen LogP contribution is -2.29. The minimum absolute atomic E-state index is 0.0628. The number of anilines is 6. The molecule has 8 rings (SSSR count). The number of hydrogen-bond acceptors (Lipinski definition) is 6. The van der Waals surface area contributed by atoms with E-state index in [1.807, 2.05) is 126 Å². The minimum atomic E-state index is -6.08. The molecule has 0 spiro atoms. The molecule has 0 saturated heterocycles. The molecule has 0 unspecified atom stereocenters. The number of fused-ring (bicyclic) bond motifs is 4. The second-order valence-corrected chi connectivity index (χ2v) is 13.3. The number of halogens is 3. The molecule has 0 atom stereocenters. The molecule has 0 aliphatic carbocycles. The van der Waals surface area contributed by atoms with Crippen molar-refractivity contribution in [3.8, 4) is 5.75 Å². The topological polar surface area (TPSA) is 63.0 Å². The Balaban J connectivity index is 1.45. The van der Waals surface area contributed by atoms with E-state index in [2.05, 4.69) is 0 Å². The summed E-state index contributed by atoms with van der Waals surface area (Å²) in [5.41, 5.74) is -1.48. The summed E-state index contributed by atoms with van der Waals surface area (Å²) in [6, 6.07) is 49.3. The van der Waals surface area contributed by atoms with E-state index >= 15 is 0 Å². The third kappa shape index (κ3) is 5.89. The SMILES string of the molecule is O=S(=O)(Oc1cccc(N(c2ccccc2)c2ccc3oc4ccccc4c3c2)c1N(c1ccccc1)c1ccc2ccccc2c1)C(F)(F)F. The summed E-state index contributed by atoms with van der Waals surface area (Å²) in [5.74, 6) is -0.516. The van der Waals surface area contributed by atoms with Gasteiger partial charge < -0.3 is 18.4 Å². The van der Waals surface area contributed by atoms with E-state index in [4.69, 9.17) is 8.60 Å². The summed E-state index contributed by atoms with van der Waals surface area (Å²) in [6.07, 6.45) is 0. The molecule has 0 saturated carbocycles. The van der Waals surface area contributed by atoms with Gasteiger partial charge in [0.15, 0.2) is 5.75 Å². The van der Waals surface area contributed by atoms with Crippen molar-refractivity contribution in [2.24, 2.45) is 0 Å². The first kappa shape index (κ1) is 32.0. The molecule has 1 heterocycles. The molecule has 51 heavy (non-hydrogen) atoms. The molecule has 0 N–H and O–H groups in total. The maximum atomic E-state index is 14.0. The van der Waals surface area contributed by atoms with Crippen LogP contribution in [0.25, 0.3) is 32.7 Å². The van der Waals surface area contributed by atoms with Gasteiger partial charge >= 0.3 is 15.6 Å². The average molecular weight is 701 g/mol. The monoisotopic (exact) mass is 700 g/mol. The van der Waals surface area contributed by atoms with Crippen molar-refractivity contribution < 1.29 is 30.2 Å². The number of para-hydroxylation sites is 4. The van der Waals surface area contributed by atoms with Crippen LogP contribution in [0.2, 0.25) is 0 Å². The van der Waals surface area contributed by atoms with Gasteiger partial charge in [-0.1, -0.05) is 91.0 Å². The number of hydrogen-bond donors (Lipinski definition) is 0. The molecular weight excluding hydrogens is 674 g/mol. The molecule has 252 valence electrons. The second-order valence-electron chi connectivity index (χ2n) is 11.8. The van der Waals surface area contributed by atoms with Gasteiger partial charge in [0.05, 0.1) is 5.69 Å². The van der Waals surface area contributed by atoms with Gasteiger partial charge in [-0.25, -0.2) is 0 Å². The number of rotatable bonds is 8. The summed E-state index contributed by atoms with van der Waals surface area (Å²) in [4.78, 5) is 3.57. The first-order chi connectivity index (χ1) is 24.7. The Morgan fingerprint density at radius 1 is 0.510 bits per heavy atom. The summed E-state index contributed by atoms with van der Waals surface area (Å²) < 4.78 is 78.5. The predicted molar refractivity (Wildman–Crippen MR) is 196 cm³/mol. The van der Waals surface area contributed by atoms with Crippen LogP contribution in [0.4, 0.5) is 47.3 Å². The standard InChI is InChI=1S/C41H27F3N2O4S/c42-41(43,44)51(47,48)50-39-21-11-19-36(40(39)46(31-16-5-2-6-17-31)32-23-22-28-12-7-8-13-29(28)26-32)45(30-14-3-1-4-15-30)33-24-25-38-35(27-33)34-18-9-10-20-37(34)49-38/h1-27H. The molecular formula is C41H27F3N2O4S. The van der Waals surface area contributed by atoms with Crippen molar-refractivity contribution in [3.05, 3.63) is 164 Å². The molecule has 0 amide bonds. The lowest BCUT2D eigenvalue weighted by Gasteiger charge is -2.34. The van der Waals surface area contributed by atoms with Crippen LogP contribution in [0.1, 0.15) is 0 Å². The van der Waals surface area contributed by atoms with Crippen LogP contribution in [0.15, 0.2) is 168 Å². The van der Waals surface area contributed by atoms with E-state index in [1.54, 1.807) is 35.2 Å². The number of benzene rings is 7. The van der Waals surface area contributed by atoms with Crippen LogP contribution in [-0.2, 0) is 10.1 Å². The third-order valence-corrected chi connectivity index (χ3v) is 9.53. The van der Waals surface area contributed by atoms with Crippen molar-refractivity contribution in [1.82, 2.24) is 0 Å². The average Bonchev–Trinajstić information content (AvgIpc) is 3.51. The highest BCUT2D eigenvalue weighted by Crippen LogP contribution is 2.51. The van der Waals surface area contributed by atoms with Crippen LogP contribution < -0.4 is 14.0 Å². The van der Waals surface area contributed by atoms with E-state index in [-0.39, 0.29) is 5.69 Å². The van der Waals surface area contributed by atoms with Crippen molar-refractivity contribution >= 4 is 77.0 Å². The molecule has 7 aromatic carbocycles. The van der Waals surface area contributed by atoms with Gasteiger partial charge in [-0.05, 0) is 83.6 Å². The maximum Gasteiger partial charge on any atom is 0.534 e. The summed E-state index contributed by atoms with van der Waals surface area (Å²) in [5, 5.41) is 3.53. The van der Waals surface area contributed by atoms with Gasteiger partial charge in [-0.2, -0.15) is 21.6 Å². The van der Waals surface area contributed by atoms with Crippen molar-refractivity contribution in [2.45, 2.75) is 5.51 Å². The van der Waals surface area contributed by atoms with Crippen LogP contribution in [0.3, 0.4) is 0 Å². The largest absolute Gasteiger partial charge is 0.534 e. The van der Waals surface area contributed by atoms with Gasteiger partial charge in [-0.15, -0.1) is 0 Å². The van der Waals surface area contributed by atoms with Crippen LogP contribution >= 0.6 is 0 Å². The Hall–Kier alpha value is -6.26. The molecule has 10 heteroatoms. The van der Waals surface area contributed by atoms with E-state index in [9.17, 15) is 21.6 Å². The maximum absolute atomic E-state index is 14.0. The molecule has 0 bridgehead atoms. The Morgan fingerprint density at radius 3 is 1.82 bits per heavy atom. The fraction of sp³-hybridized carbons (Fsp3) is 0.0244. The second kappa shape index (κ2) is 12.6. The highest BCUT2D eigenvalue weighted by molar-refractivity contribution is 7.88. The van der Waals surface area contributed by atoms with Gasteiger partial charge in [0.1, 0.15) is 16.9 Å². The molecule has 0 fully saturated rings. The molecule has 8 aromatic rings. The van der Waals surface area contributed by atoms with Gasteiger partial charge in [0.2, 0.25) is 0 Å². The van der Waals surface area contributed by atoms with E-state index in [0.717, 1.165) is 21.5 Å². The zero-order valence-corrected chi connectivity index (χ0v) is 27.5. The molecule has 0 radical (unpaired) electrons. The highest BCUT2D eigenvalue weighted by Gasteiger charge is 2.49. The van der Waals surface area contributed by atoms with Crippen molar-refractivity contribution in [3.63, 3.8) is 0 Å². The number of alkyl halides is 3. The fourth-order valence-electron chi connectivity index (χ4n) is 6.31. The quantitative estimate of drug-likeness (QED) is 0.116. The lowest BCUT2D eigenvalue weighted by atomic mass is 10.1. The molecule has 0 aliphatic rings. The Kier molecular flexibility index (Phi) is 7.88. The minimum Gasteiger partial charge on any atom is -0.456 e. The van der Waals surface area contributed by atoms with E-state index in [0.29, 0.717) is 39.6 Å². The fourth-order valence-corrected chi connectivity index (χ4v) is 6.77. The number of nitrogens with zero attached hydrogens (tertiary/aromatic N) is 2. The first-order valence-electron chi connectivity index (χ1n) is 15.9. The zero-order chi connectivity index (χ0) is 35.2. The van der Waals surface area contributed by atoms with Gasteiger partial charge in [0.25, 0.3) is 0 Å². The Morgan fingerprint density at radius 2 is 1.10 bits per heavy atom. The zero-order valence-electron chi connectivity index (χ0n) is 26.7. The van der Waals surface area contributed by atoms with Crippen LogP contribution in [-0.4, -0.2) is 13.9 Å². The smallest absolute Gasteiger partial charge is 0.456 e. The van der Waals surface area contributed by atoms with Crippen LogP contribution in [0.5, 0.6) is 5.75 Å². The molecule has 1 aromatic heterocycles. The van der Waals surface area contributed by atoms with Crippen LogP contribution in [0, 0.1) is 0 Å². The molecule has 6 nitrogen and oxygen atoms in total. The Bertz CT molecular complexity index is 2640. The third-order valence-electron chi connectivity index (χ3n) is 8.56. The molecule has 0 aliphatic heterocycles. The summed E-state index contributed by atoms with van der Waals surface area (Å²) in [6.45, 7) is 0. The van der Waals surface area contributed by atoms with Crippen molar-refractivity contribution in [1.29, 1.82) is 0 Å². The van der Waals surface area contributed by atoms with Gasteiger partial charge in [-0.3, -0.25) is 0 Å². The Labute approximate surface area is 291 Å².